The smallest absolute Gasteiger partial charge is 0.274 e. The van der Waals surface area contributed by atoms with Crippen molar-refractivity contribution in [3.8, 4) is 0 Å². The van der Waals surface area contributed by atoms with Gasteiger partial charge in [-0.15, -0.1) is 0 Å². The van der Waals surface area contributed by atoms with Crippen LogP contribution >= 0.6 is 0 Å². The first kappa shape index (κ1) is 15.9. The first-order valence-electron chi connectivity index (χ1n) is 7.21. The lowest BCUT2D eigenvalue weighted by Crippen LogP contribution is -2.26. The molecule has 0 aliphatic heterocycles. The monoisotopic (exact) mass is 302 g/mol. The molecule has 0 bridgehead atoms. The van der Waals surface area contributed by atoms with Gasteiger partial charge in [-0.3, -0.25) is 4.79 Å². The Labute approximate surface area is 129 Å². The van der Waals surface area contributed by atoms with Crippen LogP contribution < -0.4 is 10.2 Å². The van der Waals surface area contributed by atoms with Crippen LogP contribution in [0.3, 0.4) is 0 Å². The highest BCUT2D eigenvalue weighted by molar-refractivity contribution is 6.03. The topological polar surface area (TPSA) is 58.1 Å². The number of nitrogens with one attached hydrogen (secondary N) is 1. The van der Waals surface area contributed by atoms with E-state index in [-0.39, 0.29) is 11.6 Å². The van der Waals surface area contributed by atoms with Gasteiger partial charge >= 0.3 is 0 Å². The van der Waals surface area contributed by atoms with E-state index in [1.54, 1.807) is 12.1 Å². The summed E-state index contributed by atoms with van der Waals surface area (Å²) in [5.74, 6) is -0.264. The molecule has 0 aliphatic rings. The molecule has 1 aromatic carbocycles. The molecule has 5 nitrogen and oxygen atoms in total. The predicted molar refractivity (Wildman–Crippen MR) is 84.7 cm³/mol. The molecule has 0 aliphatic carbocycles. The zero-order valence-electron chi connectivity index (χ0n) is 12.9. The third-order valence-corrected chi connectivity index (χ3v) is 3.20. The Morgan fingerprint density at radius 2 is 1.95 bits per heavy atom. The van der Waals surface area contributed by atoms with Crippen LogP contribution in [0.25, 0.3) is 0 Å². The maximum atomic E-state index is 13.2. The molecule has 0 unspecified atom stereocenters. The fourth-order valence-corrected chi connectivity index (χ4v) is 2.08. The molecular formula is C16H19FN4O. The highest BCUT2D eigenvalue weighted by Crippen LogP contribution is 2.13. The normalized spacial score (nSPS) is 10.4. The van der Waals surface area contributed by atoms with Gasteiger partial charge in [-0.2, -0.15) is 0 Å². The number of hydrogen-bond acceptors (Lipinski definition) is 4. The number of halogens is 1. The summed E-state index contributed by atoms with van der Waals surface area (Å²) in [5.41, 5.74) is 1.37. The molecule has 116 valence electrons. The summed E-state index contributed by atoms with van der Waals surface area (Å²) in [5, 5.41) is 2.64. The number of anilines is 2. The molecule has 0 saturated heterocycles. The van der Waals surface area contributed by atoms with Crippen molar-refractivity contribution in [1.82, 2.24) is 9.97 Å². The fraction of sp³-hybridized carbons (Fsp3) is 0.312. The van der Waals surface area contributed by atoms with Gasteiger partial charge in [0, 0.05) is 24.5 Å². The Morgan fingerprint density at radius 3 is 2.59 bits per heavy atom. The maximum Gasteiger partial charge on any atom is 0.274 e. The molecule has 2 aromatic rings. The molecule has 0 saturated carbocycles. The van der Waals surface area contributed by atoms with Crippen molar-refractivity contribution in [2.75, 3.05) is 23.3 Å². The lowest BCUT2D eigenvalue weighted by Gasteiger charge is -2.19. The van der Waals surface area contributed by atoms with Crippen LogP contribution in [0.2, 0.25) is 0 Å². The number of carbonyl (C=O) groups is 1. The van der Waals surface area contributed by atoms with Gasteiger partial charge in [0.1, 0.15) is 11.5 Å². The van der Waals surface area contributed by atoms with E-state index in [2.05, 4.69) is 15.3 Å². The lowest BCUT2D eigenvalue weighted by molar-refractivity contribution is 0.102. The Hall–Kier alpha value is -2.50. The van der Waals surface area contributed by atoms with E-state index in [4.69, 9.17) is 0 Å². The first-order chi connectivity index (χ1) is 10.5. The number of nitrogens with zero attached hydrogens (tertiary/aromatic N) is 3. The van der Waals surface area contributed by atoms with E-state index in [9.17, 15) is 9.18 Å². The standard InChI is InChI=1S/C16H19FN4O/c1-4-21(5-2)16-18-11(3)9-14(20-16)15(22)19-13-8-6-7-12(17)10-13/h6-10H,4-5H2,1-3H3,(H,19,22). The Bertz CT molecular complexity index is 671. The van der Waals surface area contributed by atoms with Gasteiger partial charge in [0.2, 0.25) is 5.95 Å². The number of aromatic nitrogens is 2. The Kier molecular flexibility index (Phi) is 5.04. The van der Waals surface area contributed by atoms with Gasteiger partial charge in [-0.05, 0) is 45.0 Å². The minimum atomic E-state index is -0.402. The van der Waals surface area contributed by atoms with Gasteiger partial charge in [0.25, 0.3) is 5.91 Å². The molecule has 6 heteroatoms. The van der Waals surface area contributed by atoms with E-state index in [1.165, 1.54) is 18.2 Å². The Balaban J connectivity index is 2.26. The van der Waals surface area contributed by atoms with E-state index < -0.39 is 5.82 Å². The summed E-state index contributed by atoms with van der Waals surface area (Å²) in [6.45, 7) is 7.33. The second kappa shape index (κ2) is 6.98. The zero-order valence-corrected chi connectivity index (χ0v) is 12.9. The molecule has 1 aromatic heterocycles. The number of carbonyl (C=O) groups excluding carboxylic acids is 1. The average Bonchev–Trinajstić information content (AvgIpc) is 2.48. The van der Waals surface area contributed by atoms with Crippen LogP contribution in [-0.2, 0) is 0 Å². The van der Waals surface area contributed by atoms with Gasteiger partial charge in [-0.1, -0.05) is 6.07 Å². The summed E-state index contributed by atoms with van der Waals surface area (Å²) in [4.78, 5) is 22.9. The van der Waals surface area contributed by atoms with E-state index >= 15 is 0 Å². The average molecular weight is 302 g/mol. The van der Waals surface area contributed by atoms with Crippen LogP contribution in [0.15, 0.2) is 30.3 Å². The largest absolute Gasteiger partial charge is 0.341 e. The second-order valence-corrected chi connectivity index (χ2v) is 4.83. The van der Waals surface area contributed by atoms with Crippen LogP contribution in [0, 0.1) is 12.7 Å². The molecule has 22 heavy (non-hydrogen) atoms. The molecule has 1 N–H and O–H groups in total. The highest BCUT2D eigenvalue weighted by atomic mass is 19.1. The minimum absolute atomic E-state index is 0.263. The molecular weight excluding hydrogens is 283 g/mol. The van der Waals surface area contributed by atoms with Gasteiger partial charge in [0.15, 0.2) is 0 Å². The summed E-state index contributed by atoms with van der Waals surface area (Å²) in [6.07, 6.45) is 0. The van der Waals surface area contributed by atoms with Crippen molar-refractivity contribution in [1.29, 1.82) is 0 Å². The van der Waals surface area contributed by atoms with Crippen molar-refractivity contribution >= 4 is 17.5 Å². The minimum Gasteiger partial charge on any atom is -0.341 e. The van der Waals surface area contributed by atoms with Crippen molar-refractivity contribution in [3.05, 3.63) is 47.5 Å². The summed E-state index contributed by atoms with van der Waals surface area (Å²) >= 11 is 0. The number of hydrogen-bond donors (Lipinski definition) is 1. The van der Waals surface area contributed by atoms with Crippen LogP contribution in [0.1, 0.15) is 30.0 Å². The highest BCUT2D eigenvalue weighted by Gasteiger charge is 2.13. The quantitative estimate of drug-likeness (QED) is 0.922. The Morgan fingerprint density at radius 1 is 1.23 bits per heavy atom. The third kappa shape index (κ3) is 3.78. The molecule has 1 amide bonds. The first-order valence-corrected chi connectivity index (χ1v) is 7.21. The van der Waals surface area contributed by atoms with Crippen molar-refractivity contribution in [3.63, 3.8) is 0 Å². The summed E-state index contributed by atoms with van der Waals surface area (Å²) < 4.78 is 13.2. The van der Waals surface area contributed by atoms with Crippen molar-refractivity contribution < 1.29 is 9.18 Å². The summed E-state index contributed by atoms with van der Waals surface area (Å²) in [6, 6.07) is 7.36. The van der Waals surface area contributed by atoms with Crippen LogP contribution in [-0.4, -0.2) is 29.0 Å². The second-order valence-electron chi connectivity index (χ2n) is 4.83. The zero-order chi connectivity index (χ0) is 16.1. The van der Waals surface area contributed by atoms with E-state index in [0.29, 0.717) is 17.3 Å². The van der Waals surface area contributed by atoms with Crippen molar-refractivity contribution in [2.45, 2.75) is 20.8 Å². The fourth-order valence-electron chi connectivity index (χ4n) is 2.08. The third-order valence-electron chi connectivity index (χ3n) is 3.20. The van der Waals surface area contributed by atoms with Gasteiger partial charge in [-0.25, -0.2) is 14.4 Å². The molecule has 2 rings (SSSR count). The van der Waals surface area contributed by atoms with Gasteiger partial charge in [0.05, 0.1) is 0 Å². The van der Waals surface area contributed by atoms with E-state index in [1.807, 2.05) is 25.7 Å². The molecule has 0 atom stereocenters. The molecule has 0 spiro atoms. The number of amides is 1. The SMILES string of the molecule is CCN(CC)c1nc(C)cc(C(=O)Nc2cccc(F)c2)n1. The maximum absolute atomic E-state index is 13.2. The summed E-state index contributed by atoms with van der Waals surface area (Å²) in [7, 11) is 0. The van der Waals surface area contributed by atoms with Crippen LogP contribution in [0.5, 0.6) is 0 Å². The lowest BCUT2D eigenvalue weighted by atomic mass is 10.2. The predicted octanol–water partition coefficient (Wildman–Crippen LogP) is 3.02. The van der Waals surface area contributed by atoms with Gasteiger partial charge < -0.3 is 10.2 Å². The van der Waals surface area contributed by atoms with Crippen molar-refractivity contribution in [2.24, 2.45) is 0 Å². The number of aryl methyl sites for hydroxylation is 1. The number of benzene rings is 1. The molecule has 0 fully saturated rings. The van der Waals surface area contributed by atoms with E-state index in [0.717, 1.165) is 13.1 Å². The molecule has 1 heterocycles. The number of rotatable bonds is 5. The molecule has 0 radical (unpaired) electrons. The van der Waals surface area contributed by atoms with Crippen LogP contribution in [0.4, 0.5) is 16.0 Å².